The van der Waals surface area contributed by atoms with Gasteiger partial charge in [0.05, 0.1) is 22.0 Å². The maximum Gasteiger partial charge on any atom is 0.277 e. The Morgan fingerprint density at radius 1 is 0.974 bits per heavy atom. The number of likely N-dealkylation sites (N-methyl/N-ethyl adjacent to an activating group) is 2. The standard InChI is InChI=1S/C28H22Cl2N6O3/c1-35-20-15-9-7-13-18(20)22(16-10-4-3-5-11-16)31-25(28(35)39)36(2)27(38)23-21(30)24(34-33-23)32-26(37)17-12-6-8-14-19(17)29/h3-15,25H,1-2H3,(H2,32,33,34,37). The summed E-state index contributed by atoms with van der Waals surface area (Å²) in [6, 6.07) is 23.3. The van der Waals surface area contributed by atoms with E-state index in [1.807, 2.05) is 54.6 Å². The van der Waals surface area contributed by atoms with Crippen LogP contribution in [0.2, 0.25) is 10.0 Å². The van der Waals surface area contributed by atoms with Gasteiger partial charge in [0.2, 0.25) is 6.17 Å². The number of rotatable bonds is 5. The number of para-hydroxylation sites is 1. The molecule has 196 valence electrons. The molecule has 3 aromatic carbocycles. The van der Waals surface area contributed by atoms with Gasteiger partial charge in [-0.15, -0.1) is 0 Å². The number of aromatic nitrogens is 2. The molecule has 0 radical (unpaired) electrons. The molecule has 0 fully saturated rings. The van der Waals surface area contributed by atoms with Crippen molar-refractivity contribution in [2.75, 3.05) is 24.3 Å². The summed E-state index contributed by atoms with van der Waals surface area (Å²) in [5.41, 5.74) is 2.82. The number of benzene rings is 3. The number of anilines is 2. The highest BCUT2D eigenvalue weighted by Crippen LogP contribution is 2.30. The minimum atomic E-state index is -1.21. The Bertz CT molecular complexity index is 1620. The van der Waals surface area contributed by atoms with E-state index in [1.54, 1.807) is 31.3 Å². The molecule has 9 nitrogen and oxygen atoms in total. The Morgan fingerprint density at radius 3 is 2.38 bits per heavy atom. The van der Waals surface area contributed by atoms with Crippen LogP contribution < -0.4 is 10.2 Å². The Morgan fingerprint density at radius 2 is 1.64 bits per heavy atom. The molecule has 1 aliphatic heterocycles. The summed E-state index contributed by atoms with van der Waals surface area (Å²) in [7, 11) is 3.09. The SMILES string of the molecule is CN1C(=O)C(N(C)C(=O)c2n[nH]c(NC(=O)c3ccccc3Cl)c2Cl)N=C(c2ccccc2)c2ccccc21. The minimum Gasteiger partial charge on any atom is -0.311 e. The lowest BCUT2D eigenvalue weighted by molar-refractivity contribution is -0.122. The normalized spacial score (nSPS) is 14.8. The summed E-state index contributed by atoms with van der Waals surface area (Å²) in [6.07, 6.45) is -1.21. The molecule has 1 aromatic heterocycles. The predicted octanol–water partition coefficient (Wildman–Crippen LogP) is 4.88. The molecule has 0 saturated heterocycles. The van der Waals surface area contributed by atoms with Crippen LogP contribution in [0.5, 0.6) is 0 Å². The molecule has 0 spiro atoms. The van der Waals surface area contributed by atoms with Crippen LogP contribution in [0.1, 0.15) is 32.0 Å². The van der Waals surface area contributed by atoms with Crippen molar-refractivity contribution in [1.29, 1.82) is 0 Å². The van der Waals surface area contributed by atoms with Gasteiger partial charge in [-0.2, -0.15) is 5.10 Å². The lowest BCUT2D eigenvalue weighted by Gasteiger charge is -2.26. The monoisotopic (exact) mass is 560 g/mol. The van der Waals surface area contributed by atoms with Crippen molar-refractivity contribution in [1.82, 2.24) is 15.1 Å². The number of aliphatic imine (C=N–C) groups is 1. The summed E-state index contributed by atoms with van der Waals surface area (Å²) in [4.78, 5) is 47.2. The summed E-state index contributed by atoms with van der Waals surface area (Å²) >= 11 is 12.6. The maximum atomic E-state index is 13.6. The molecule has 3 amide bonds. The van der Waals surface area contributed by atoms with Gasteiger partial charge in [0.25, 0.3) is 17.7 Å². The van der Waals surface area contributed by atoms with Gasteiger partial charge in [0.1, 0.15) is 10.8 Å². The molecule has 2 N–H and O–H groups in total. The minimum absolute atomic E-state index is 0.0172. The molecule has 0 bridgehead atoms. The highest BCUT2D eigenvalue weighted by molar-refractivity contribution is 6.37. The fraction of sp³-hybridized carbons (Fsp3) is 0.107. The topological polar surface area (TPSA) is 111 Å². The number of carbonyl (C=O) groups excluding carboxylic acids is 3. The number of H-pyrrole nitrogens is 1. The number of amides is 3. The first-order valence-corrected chi connectivity index (χ1v) is 12.6. The number of aromatic amines is 1. The van der Waals surface area contributed by atoms with E-state index >= 15 is 0 Å². The van der Waals surface area contributed by atoms with Crippen LogP contribution in [-0.4, -0.2) is 58.8 Å². The lowest BCUT2D eigenvalue weighted by atomic mass is 10.0. The van der Waals surface area contributed by atoms with Gasteiger partial charge in [-0.3, -0.25) is 19.5 Å². The summed E-state index contributed by atoms with van der Waals surface area (Å²) < 4.78 is 0. The van der Waals surface area contributed by atoms with E-state index in [0.29, 0.717) is 11.4 Å². The van der Waals surface area contributed by atoms with Gasteiger partial charge in [-0.25, -0.2) is 4.99 Å². The van der Waals surface area contributed by atoms with Crippen molar-refractivity contribution in [3.63, 3.8) is 0 Å². The van der Waals surface area contributed by atoms with E-state index < -0.39 is 23.9 Å². The van der Waals surface area contributed by atoms with Crippen LogP contribution in [-0.2, 0) is 4.79 Å². The third kappa shape index (κ3) is 4.89. The van der Waals surface area contributed by atoms with Crippen molar-refractivity contribution in [2.24, 2.45) is 4.99 Å². The largest absolute Gasteiger partial charge is 0.311 e. The molecule has 1 unspecified atom stereocenters. The number of hydrogen-bond acceptors (Lipinski definition) is 5. The molecule has 0 saturated carbocycles. The van der Waals surface area contributed by atoms with Crippen LogP contribution >= 0.6 is 23.2 Å². The van der Waals surface area contributed by atoms with E-state index in [0.717, 1.165) is 11.1 Å². The summed E-state index contributed by atoms with van der Waals surface area (Å²) in [6.45, 7) is 0. The van der Waals surface area contributed by atoms with Gasteiger partial charge >= 0.3 is 0 Å². The van der Waals surface area contributed by atoms with Crippen LogP contribution in [0, 0.1) is 0 Å². The number of carbonyl (C=O) groups is 3. The summed E-state index contributed by atoms with van der Waals surface area (Å²) in [5, 5.41) is 9.32. The first-order chi connectivity index (χ1) is 18.8. The zero-order chi connectivity index (χ0) is 27.7. The fourth-order valence-electron chi connectivity index (χ4n) is 4.24. The number of benzodiazepines with no additional fused rings is 1. The molecule has 0 aliphatic carbocycles. The molecule has 4 aromatic rings. The molecular weight excluding hydrogens is 539 g/mol. The van der Waals surface area contributed by atoms with Crippen molar-refractivity contribution >= 4 is 58.1 Å². The molecule has 1 atom stereocenters. The van der Waals surface area contributed by atoms with Crippen molar-refractivity contribution in [3.05, 3.63) is 111 Å². The fourth-order valence-corrected chi connectivity index (χ4v) is 4.68. The van der Waals surface area contributed by atoms with E-state index in [9.17, 15) is 14.4 Å². The van der Waals surface area contributed by atoms with Crippen LogP contribution in [0.15, 0.2) is 83.9 Å². The van der Waals surface area contributed by atoms with E-state index in [-0.39, 0.29) is 27.1 Å². The number of halogens is 2. The molecular formula is C28H22Cl2N6O3. The van der Waals surface area contributed by atoms with Crippen molar-refractivity contribution in [2.45, 2.75) is 6.17 Å². The van der Waals surface area contributed by atoms with Crippen molar-refractivity contribution < 1.29 is 14.4 Å². The third-order valence-corrected chi connectivity index (χ3v) is 7.02. The van der Waals surface area contributed by atoms with Gasteiger partial charge in [-0.1, -0.05) is 83.9 Å². The zero-order valence-electron chi connectivity index (χ0n) is 20.9. The van der Waals surface area contributed by atoms with Gasteiger partial charge < -0.3 is 15.1 Å². The number of hydrogen-bond donors (Lipinski definition) is 2. The highest BCUT2D eigenvalue weighted by atomic mass is 35.5. The Labute approximate surface area is 234 Å². The van der Waals surface area contributed by atoms with Gasteiger partial charge in [-0.05, 0) is 18.2 Å². The second-order valence-corrected chi connectivity index (χ2v) is 9.53. The second-order valence-electron chi connectivity index (χ2n) is 8.74. The first kappa shape index (κ1) is 26.1. The van der Waals surface area contributed by atoms with Crippen molar-refractivity contribution in [3.8, 4) is 0 Å². The molecule has 2 heterocycles. The molecule has 39 heavy (non-hydrogen) atoms. The van der Waals surface area contributed by atoms with Crippen LogP contribution in [0.4, 0.5) is 11.5 Å². The quantitative estimate of drug-likeness (QED) is 0.362. The van der Waals surface area contributed by atoms with Gasteiger partial charge in [0, 0.05) is 25.2 Å². The summed E-state index contributed by atoms with van der Waals surface area (Å²) in [5.74, 6) is -1.59. The third-order valence-electron chi connectivity index (χ3n) is 6.32. The molecule has 1 aliphatic rings. The Hall–Kier alpha value is -4.47. The van der Waals surface area contributed by atoms with Crippen LogP contribution in [0.25, 0.3) is 0 Å². The van der Waals surface area contributed by atoms with E-state index in [4.69, 9.17) is 28.2 Å². The maximum absolute atomic E-state index is 13.6. The number of nitrogens with zero attached hydrogens (tertiary/aromatic N) is 4. The Kier molecular flexibility index (Phi) is 7.19. The first-order valence-electron chi connectivity index (χ1n) is 11.8. The van der Waals surface area contributed by atoms with Gasteiger partial charge in [0.15, 0.2) is 5.69 Å². The smallest absolute Gasteiger partial charge is 0.277 e. The van der Waals surface area contributed by atoms with E-state index in [2.05, 4.69) is 15.5 Å². The zero-order valence-corrected chi connectivity index (χ0v) is 22.4. The molecule has 5 rings (SSSR count). The number of fused-ring (bicyclic) bond motifs is 1. The lowest BCUT2D eigenvalue weighted by Crippen LogP contribution is -2.47. The average molecular weight is 561 g/mol. The Balaban J connectivity index is 1.48. The van der Waals surface area contributed by atoms with E-state index in [1.165, 1.54) is 16.8 Å². The molecule has 11 heteroatoms. The average Bonchev–Trinajstić information content (AvgIpc) is 3.27. The second kappa shape index (κ2) is 10.7. The number of nitrogens with one attached hydrogen (secondary N) is 2. The highest BCUT2D eigenvalue weighted by Gasteiger charge is 2.36. The predicted molar refractivity (Wildman–Crippen MR) is 151 cm³/mol. The van der Waals surface area contributed by atoms with Crippen LogP contribution in [0.3, 0.4) is 0 Å².